The Morgan fingerprint density at radius 3 is 2.33 bits per heavy atom. The summed E-state index contributed by atoms with van der Waals surface area (Å²) in [4.78, 5) is 11.1. The van der Waals surface area contributed by atoms with Crippen LogP contribution in [0.4, 0.5) is 5.69 Å². The van der Waals surface area contributed by atoms with Crippen molar-refractivity contribution in [1.82, 2.24) is 5.43 Å². The van der Waals surface area contributed by atoms with Crippen molar-refractivity contribution in [3.63, 3.8) is 0 Å². The summed E-state index contributed by atoms with van der Waals surface area (Å²) in [6.07, 6.45) is 0. The van der Waals surface area contributed by atoms with Crippen molar-refractivity contribution in [1.29, 1.82) is 5.26 Å². The smallest absolute Gasteiger partial charge is 0.288 e. The first kappa shape index (κ1) is 14.5. The van der Waals surface area contributed by atoms with Crippen LogP contribution in [0.1, 0.15) is 0 Å². The lowest BCUT2D eigenvalue weighted by molar-refractivity contribution is -0.114. The van der Waals surface area contributed by atoms with Gasteiger partial charge >= 0.3 is 0 Å². The van der Waals surface area contributed by atoms with E-state index >= 15 is 0 Å². The SMILES string of the molecule is N#C/C(=N\Nc1c(Cl)cc(Cl)cc1Cl)C(=O)NN. The van der Waals surface area contributed by atoms with Gasteiger partial charge in [-0.1, -0.05) is 34.8 Å². The number of hydrogen-bond donors (Lipinski definition) is 3. The molecule has 0 saturated carbocycles. The minimum atomic E-state index is -0.841. The molecule has 0 fully saturated rings. The maximum absolute atomic E-state index is 11.1. The molecule has 0 spiro atoms. The zero-order chi connectivity index (χ0) is 13.7. The Bertz CT molecular complexity index is 529. The van der Waals surface area contributed by atoms with Crippen LogP contribution in [-0.2, 0) is 4.79 Å². The predicted octanol–water partition coefficient (Wildman–Crippen LogP) is 1.93. The Balaban J connectivity index is 3.03. The molecule has 94 valence electrons. The van der Waals surface area contributed by atoms with Gasteiger partial charge in [-0.15, -0.1) is 0 Å². The molecule has 1 rings (SSSR count). The third-order valence-corrected chi connectivity index (χ3v) is 2.55. The highest BCUT2D eigenvalue weighted by atomic mass is 35.5. The summed E-state index contributed by atoms with van der Waals surface area (Å²) >= 11 is 17.5. The van der Waals surface area contributed by atoms with Crippen molar-refractivity contribution in [3.8, 4) is 6.07 Å². The second kappa shape index (κ2) is 6.42. The van der Waals surface area contributed by atoms with Gasteiger partial charge in [0.05, 0.1) is 15.7 Å². The zero-order valence-corrected chi connectivity index (χ0v) is 10.9. The summed E-state index contributed by atoms with van der Waals surface area (Å²) in [6.45, 7) is 0. The highest BCUT2D eigenvalue weighted by Crippen LogP contribution is 2.33. The molecule has 0 saturated heterocycles. The summed E-state index contributed by atoms with van der Waals surface area (Å²) in [5, 5.41) is 12.9. The van der Waals surface area contributed by atoms with E-state index in [1.54, 1.807) is 11.5 Å². The number of hydrogen-bond acceptors (Lipinski definition) is 5. The monoisotopic (exact) mass is 305 g/mol. The lowest BCUT2D eigenvalue weighted by atomic mass is 10.3. The van der Waals surface area contributed by atoms with E-state index in [2.05, 4.69) is 10.5 Å². The van der Waals surface area contributed by atoms with Gasteiger partial charge in [-0.3, -0.25) is 15.6 Å². The lowest BCUT2D eigenvalue weighted by Gasteiger charge is -2.06. The molecule has 1 aromatic carbocycles. The van der Waals surface area contributed by atoms with Crippen LogP contribution in [-0.4, -0.2) is 11.6 Å². The van der Waals surface area contributed by atoms with Crippen molar-refractivity contribution in [2.45, 2.75) is 0 Å². The second-order valence-electron chi connectivity index (χ2n) is 2.90. The van der Waals surface area contributed by atoms with Gasteiger partial charge in [0.25, 0.3) is 5.91 Å². The molecular formula is C9H6Cl3N5O. The van der Waals surface area contributed by atoms with Crippen LogP contribution in [0.5, 0.6) is 0 Å². The molecule has 0 radical (unpaired) electrons. The molecule has 9 heteroatoms. The first-order chi connectivity index (χ1) is 8.49. The Kier molecular flexibility index (Phi) is 5.19. The zero-order valence-electron chi connectivity index (χ0n) is 8.67. The fourth-order valence-corrected chi connectivity index (χ4v) is 1.86. The second-order valence-corrected chi connectivity index (χ2v) is 4.15. The minimum Gasteiger partial charge on any atom is -0.288 e. The third kappa shape index (κ3) is 3.48. The van der Waals surface area contributed by atoms with E-state index in [9.17, 15) is 4.79 Å². The fourth-order valence-electron chi connectivity index (χ4n) is 0.956. The summed E-state index contributed by atoms with van der Waals surface area (Å²) in [7, 11) is 0. The van der Waals surface area contributed by atoms with Crippen LogP contribution in [0.15, 0.2) is 17.2 Å². The van der Waals surface area contributed by atoms with E-state index in [0.29, 0.717) is 5.02 Å². The number of hydrazine groups is 1. The Labute approximate surface area is 117 Å². The number of amides is 1. The van der Waals surface area contributed by atoms with Crippen molar-refractivity contribution >= 4 is 52.1 Å². The number of benzene rings is 1. The summed E-state index contributed by atoms with van der Waals surface area (Å²) in [5.74, 6) is 4.03. The molecule has 6 nitrogen and oxygen atoms in total. The Morgan fingerprint density at radius 1 is 1.33 bits per heavy atom. The van der Waals surface area contributed by atoms with Gasteiger partial charge in [-0.25, -0.2) is 5.84 Å². The number of nitriles is 1. The van der Waals surface area contributed by atoms with Crippen molar-refractivity contribution in [3.05, 3.63) is 27.2 Å². The van der Waals surface area contributed by atoms with Crippen LogP contribution < -0.4 is 16.7 Å². The van der Waals surface area contributed by atoms with E-state index in [-0.39, 0.29) is 15.7 Å². The van der Waals surface area contributed by atoms with E-state index in [4.69, 9.17) is 45.9 Å². The number of carbonyl (C=O) groups is 1. The van der Waals surface area contributed by atoms with Crippen LogP contribution >= 0.6 is 34.8 Å². The van der Waals surface area contributed by atoms with Crippen molar-refractivity contribution in [2.75, 3.05) is 5.43 Å². The molecule has 0 atom stereocenters. The first-order valence-corrected chi connectivity index (χ1v) is 5.52. The van der Waals surface area contributed by atoms with E-state index in [0.717, 1.165) is 0 Å². The molecule has 1 amide bonds. The van der Waals surface area contributed by atoms with E-state index in [1.807, 2.05) is 0 Å². The van der Waals surface area contributed by atoms with Gasteiger partial charge in [0, 0.05) is 5.02 Å². The molecule has 1 aromatic rings. The molecule has 0 aliphatic carbocycles. The number of nitrogens with two attached hydrogens (primary N) is 1. The molecule has 0 unspecified atom stereocenters. The Morgan fingerprint density at radius 2 is 1.89 bits per heavy atom. The van der Waals surface area contributed by atoms with Gasteiger partial charge in [0.2, 0.25) is 5.71 Å². The van der Waals surface area contributed by atoms with Crippen molar-refractivity contribution < 1.29 is 4.79 Å². The van der Waals surface area contributed by atoms with E-state index < -0.39 is 11.6 Å². The number of hydrazone groups is 1. The van der Waals surface area contributed by atoms with Gasteiger partial charge in [0.15, 0.2) is 0 Å². The molecule has 0 aliphatic heterocycles. The Hall–Kier alpha value is -1.52. The van der Waals surface area contributed by atoms with Gasteiger partial charge in [-0.05, 0) is 12.1 Å². The molecule has 0 bridgehead atoms. The van der Waals surface area contributed by atoms with Crippen LogP contribution in [0.2, 0.25) is 15.1 Å². The highest BCUT2D eigenvalue weighted by molar-refractivity contribution is 6.45. The van der Waals surface area contributed by atoms with E-state index in [1.165, 1.54) is 12.1 Å². The normalized spacial score (nSPS) is 10.7. The molecule has 0 aromatic heterocycles. The van der Waals surface area contributed by atoms with Crippen molar-refractivity contribution in [2.24, 2.45) is 10.9 Å². The maximum Gasteiger partial charge on any atom is 0.296 e. The maximum atomic E-state index is 11.1. The van der Waals surface area contributed by atoms with Gasteiger partial charge in [-0.2, -0.15) is 10.4 Å². The molecule has 0 heterocycles. The standard InChI is InChI=1S/C9H6Cl3N5O/c10-4-1-5(11)8(6(12)2-4)17-16-7(3-13)9(18)15-14/h1-2,17H,14H2,(H,15,18)/b16-7+. The topological polar surface area (TPSA) is 103 Å². The lowest BCUT2D eigenvalue weighted by Crippen LogP contribution is -2.36. The van der Waals surface area contributed by atoms with Gasteiger partial charge < -0.3 is 0 Å². The number of nitrogens with zero attached hydrogens (tertiary/aromatic N) is 2. The summed E-state index contributed by atoms with van der Waals surface area (Å²) in [5.41, 5.74) is 3.92. The number of nitrogens with one attached hydrogen (secondary N) is 2. The summed E-state index contributed by atoms with van der Waals surface area (Å²) in [6, 6.07) is 4.42. The molecule has 0 aliphatic rings. The quantitative estimate of drug-likeness (QED) is 0.343. The number of halogens is 3. The largest absolute Gasteiger partial charge is 0.296 e. The molecule has 18 heavy (non-hydrogen) atoms. The number of carbonyl (C=O) groups excluding carboxylic acids is 1. The molecular weight excluding hydrogens is 300 g/mol. The van der Waals surface area contributed by atoms with Gasteiger partial charge in [0.1, 0.15) is 6.07 Å². The summed E-state index contributed by atoms with van der Waals surface area (Å²) < 4.78 is 0. The molecule has 4 N–H and O–H groups in total. The van der Waals surface area contributed by atoms with Crippen LogP contribution in [0.3, 0.4) is 0 Å². The number of rotatable bonds is 3. The fraction of sp³-hybridized carbons (Fsp3) is 0. The average Bonchev–Trinajstić information content (AvgIpc) is 2.31. The average molecular weight is 307 g/mol. The first-order valence-electron chi connectivity index (χ1n) is 4.39. The number of anilines is 1. The third-order valence-electron chi connectivity index (χ3n) is 1.74. The predicted molar refractivity (Wildman–Crippen MR) is 70.5 cm³/mol. The minimum absolute atomic E-state index is 0.196. The van der Waals surface area contributed by atoms with Crippen LogP contribution in [0, 0.1) is 11.3 Å². The van der Waals surface area contributed by atoms with Crippen LogP contribution in [0.25, 0.3) is 0 Å². The highest BCUT2D eigenvalue weighted by Gasteiger charge is 2.11.